The topological polar surface area (TPSA) is 29.1 Å². The Hall–Kier alpha value is -2.35. The highest BCUT2D eigenvalue weighted by molar-refractivity contribution is 5.94. The molecular weight excluding hydrogens is 270 g/mol. The molecule has 3 rings (SSSR count). The molecule has 0 bridgehead atoms. The predicted molar refractivity (Wildman–Crippen MR) is 90.5 cm³/mol. The first kappa shape index (κ1) is 14.6. The van der Waals surface area contributed by atoms with Gasteiger partial charge in [0.05, 0.1) is 0 Å². The molecule has 2 aromatic rings. The van der Waals surface area contributed by atoms with Crippen molar-refractivity contribution in [3.63, 3.8) is 0 Å². The lowest BCUT2D eigenvalue weighted by Gasteiger charge is -2.16. The van der Waals surface area contributed by atoms with Gasteiger partial charge in [0.25, 0.3) is 0 Å². The van der Waals surface area contributed by atoms with Gasteiger partial charge in [0.15, 0.2) is 0 Å². The second-order valence-corrected chi connectivity index (χ2v) is 6.06. The fourth-order valence-corrected chi connectivity index (χ4v) is 2.80. The maximum atomic E-state index is 12.1. The van der Waals surface area contributed by atoms with Crippen molar-refractivity contribution < 1.29 is 4.79 Å². The monoisotopic (exact) mass is 291 g/mol. The van der Waals surface area contributed by atoms with Crippen LogP contribution in [0.15, 0.2) is 66.7 Å². The lowest BCUT2D eigenvalue weighted by Crippen LogP contribution is -2.31. The van der Waals surface area contributed by atoms with Crippen molar-refractivity contribution in [3.8, 4) is 0 Å². The lowest BCUT2D eigenvalue weighted by atomic mass is 9.96. The van der Waals surface area contributed by atoms with Crippen molar-refractivity contribution in [2.24, 2.45) is 0 Å². The van der Waals surface area contributed by atoms with Gasteiger partial charge in [-0.25, -0.2) is 0 Å². The van der Waals surface area contributed by atoms with Gasteiger partial charge in [-0.05, 0) is 36.5 Å². The molecule has 0 aromatic heterocycles. The van der Waals surface area contributed by atoms with Crippen LogP contribution in [0, 0.1) is 0 Å². The highest BCUT2D eigenvalue weighted by Crippen LogP contribution is 2.47. The van der Waals surface area contributed by atoms with Crippen molar-refractivity contribution in [1.29, 1.82) is 0 Å². The third-order valence-electron chi connectivity index (χ3n) is 4.42. The van der Waals surface area contributed by atoms with E-state index in [4.69, 9.17) is 0 Å². The number of carbonyl (C=O) groups is 1. The molecule has 2 nitrogen and oxygen atoms in total. The van der Waals surface area contributed by atoms with E-state index in [2.05, 4.69) is 29.6 Å². The molecule has 1 amide bonds. The van der Waals surface area contributed by atoms with Gasteiger partial charge in [-0.3, -0.25) is 4.79 Å². The van der Waals surface area contributed by atoms with Crippen LogP contribution in [0.4, 0.5) is 0 Å². The van der Waals surface area contributed by atoms with Crippen LogP contribution in [-0.4, -0.2) is 12.5 Å². The number of benzene rings is 2. The standard InChI is InChI=1S/C20H21NO/c1-16(17-8-4-2-5-9-17)14-19(22)21-15-20(12-13-20)18-10-6-3-7-11-18/h2-11,14H,12-13,15H2,1H3,(H,21,22)/b16-14+. The van der Waals surface area contributed by atoms with Gasteiger partial charge in [0.1, 0.15) is 0 Å². The first-order valence-corrected chi connectivity index (χ1v) is 7.77. The number of hydrogen-bond donors (Lipinski definition) is 1. The van der Waals surface area contributed by atoms with E-state index in [9.17, 15) is 4.79 Å². The number of amides is 1. The van der Waals surface area contributed by atoms with Crippen LogP contribution < -0.4 is 5.32 Å². The summed E-state index contributed by atoms with van der Waals surface area (Å²) in [5.41, 5.74) is 3.56. The zero-order valence-electron chi connectivity index (χ0n) is 12.9. The fourth-order valence-electron chi connectivity index (χ4n) is 2.80. The second-order valence-electron chi connectivity index (χ2n) is 6.06. The van der Waals surface area contributed by atoms with Crippen LogP contribution in [-0.2, 0) is 10.2 Å². The van der Waals surface area contributed by atoms with E-state index in [1.165, 1.54) is 5.56 Å². The minimum atomic E-state index is -0.0106. The van der Waals surface area contributed by atoms with Crippen LogP contribution in [0.25, 0.3) is 5.57 Å². The van der Waals surface area contributed by atoms with E-state index in [1.54, 1.807) is 6.08 Å². The van der Waals surface area contributed by atoms with Crippen LogP contribution in [0.1, 0.15) is 30.9 Å². The van der Waals surface area contributed by atoms with Gasteiger partial charge in [0.2, 0.25) is 5.91 Å². The molecule has 0 atom stereocenters. The van der Waals surface area contributed by atoms with Crippen molar-refractivity contribution >= 4 is 11.5 Å². The largest absolute Gasteiger partial charge is 0.352 e. The Kier molecular flexibility index (Phi) is 4.10. The van der Waals surface area contributed by atoms with E-state index >= 15 is 0 Å². The zero-order valence-corrected chi connectivity index (χ0v) is 12.9. The van der Waals surface area contributed by atoms with Gasteiger partial charge in [0, 0.05) is 18.0 Å². The van der Waals surface area contributed by atoms with Crippen molar-refractivity contribution in [2.45, 2.75) is 25.2 Å². The molecule has 0 spiro atoms. The molecule has 112 valence electrons. The summed E-state index contributed by atoms with van der Waals surface area (Å²) in [5, 5.41) is 3.07. The van der Waals surface area contributed by atoms with Crippen molar-refractivity contribution in [2.75, 3.05) is 6.54 Å². The van der Waals surface area contributed by atoms with Gasteiger partial charge in [-0.1, -0.05) is 60.7 Å². The molecule has 1 aliphatic rings. The molecule has 0 aliphatic heterocycles. The summed E-state index contributed by atoms with van der Waals surface area (Å²) >= 11 is 0. The Balaban J connectivity index is 1.61. The van der Waals surface area contributed by atoms with E-state index < -0.39 is 0 Å². The summed E-state index contributed by atoms with van der Waals surface area (Å²) in [7, 11) is 0. The third kappa shape index (κ3) is 3.28. The molecule has 2 aromatic carbocycles. The summed E-state index contributed by atoms with van der Waals surface area (Å²) in [6.45, 7) is 2.69. The summed E-state index contributed by atoms with van der Waals surface area (Å²) in [6.07, 6.45) is 3.99. The van der Waals surface area contributed by atoms with Gasteiger partial charge < -0.3 is 5.32 Å². The van der Waals surface area contributed by atoms with Crippen LogP contribution in [0.2, 0.25) is 0 Å². The number of carbonyl (C=O) groups excluding carboxylic acids is 1. The molecule has 2 heteroatoms. The van der Waals surface area contributed by atoms with Gasteiger partial charge >= 0.3 is 0 Å². The fraction of sp³-hybridized carbons (Fsp3) is 0.250. The molecule has 0 saturated heterocycles. The summed E-state index contributed by atoms with van der Waals surface area (Å²) in [6, 6.07) is 20.5. The van der Waals surface area contributed by atoms with Crippen LogP contribution in [0.5, 0.6) is 0 Å². The van der Waals surface area contributed by atoms with E-state index in [0.29, 0.717) is 6.54 Å². The molecule has 0 radical (unpaired) electrons. The number of rotatable bonds is 5. The minimum Gasteiger partial charge on any atom is -0.352 e. The number of hydrogen-bond acceptors (Lipinski definition) is 1. The second kappa shape index (κ2) is 6.18. The molecular formula is C20H21NO. The lowest BCUT2D eigenvalue weighted by molar-refractivity contribution is -0.116. The Labute approximate surface area is 131 Å². The Morgan fingerprint density at radius 2 is 1.64 bits per heavy atom. The zero-order chi connectivity index (χ0) is 15.4. The molecule has 0 heterocycles. The molecule has 1 N–H and O–H groups in total. The normalized spacial score (nSPS) is 16.1. The highest BCUT2D eigenvalue weighted by Gasteiger charge is 2.44. The Morgan fingerprint density at radius 3 is 2.23 bits per heavy atom. The van der Waals surface area contributed by atoms with E-state index in [-0.39, 0.29) is 11.3 Å². The molecule has 1 fully saturated rings. The minimum absolute atomic E-state index is 0.0106. The van der Waals surface area contributed by atoms with Crippen molar-refractivity contribution in [3.05, 3.63) is 77.9 Å². The SMILES string of the molecule is C/C(=C\C(=O)NCC1(c2ccccc2)CC1)c1ccccc1. The van der Waals surface area contributed by atoms with Gasteiger partial charge in [-0.15, -0.1) is 0 Å². The Bertz CT molecular complexity index is 669. The van der Waals surface area contributed by atoms with E-state index in [1.807, 2.05) is 43.3 Å². The third-order valence-corrected chi connectivity index (χ3v) is 4.42. The molecule has 1 aliphatic carbocycles. The highest BCUT2D eigenvalue weighted by atomic mass is 16.1. The maximum absolute atomic E-state index is 12.1. The first-order chi connectivity index (χ1) is 10.7. The average Bonchev–Trinajstić information content (AvgIpc) is 3.36. The maximum Gasteiger partial charge on any atom is 0.244 e. The average molecular weight is 291 g/mol. The van der Waals surface area contributed by atoms with Crippen molar-refractivity contribution in [1.82, 2.24) is 5.32 Å². The first-order valence-electron chi connectivity index (χ1n) is 7.77. The Morgan fingerprint density at radius 1 is 1.05 bits per heavy atom. The van der Waals surface area contributed by atoms with Gasteiger partial charge in [-0.2, -0.15) is 0 Å². The van der Waals surface area contributed by atoms with E-state index in [0.717, 1.165) is 24.0 Å². The smallest absolute Gasteiger partial charge is 0.244 e. The molecule has 1 saturated carbocycles. The molecule has 22 heavy (non-hydrogen) atoms. The summed E-state index contributed by atoms with van der Waals surface area (Å²) < 4.78 is 0. The number of nitrogens with one attached hydrogen (secondary N) is 1. The number of allylic oxidation sites excluding steroid dienone is 1. The summed E-state index contributed by atoms with van der Waals surface area (Å²) in [5.74, 6) is -0.0106. The quantitative estimate of drug-likeness (QED) is 0.831. The van der Waals surface area contributed by atoms with Crippen LogP contribution in [0.3, 0.4) is 0 Å². The molecule has 0 unspecified atom stereocenters. The predicted octanol–water partition coefficient (Wildman–Crippen LogP) is 3.94. The summed E-state index contributed by atoms with van der Waals surface area (Å²) in [4.78, 5) is 12.1. The van der Waals surface area contributed by atoms with Crippen LogP contribution >= 0.6 is 0 Å².